The molecule has 2 aromatic heterocycles. The average Bonchev–Trinajstić information content (AvgIpc) is 3.13. The van der Waals surface area contributed by atoms with E-state index in [1.165, 1.54) is 28.0 Å². The third-order valence-corrected chi connectivity index (χ3v) is 5.53. The Hall–Kier alpha value is -2.90. The van der Waals surface area contributed by atoms with Gasteiger partial charge in [-0.25, -0.2) is 9.97 Å². The predicted molar refractivity (Wildman–Crippen MR) is 126 cm³/mol. The van der Waals surface area contributed by atoms with Gasteiger partial charge in [-0.05, 0) is 51.0 Å². The summed E-state index contributed by atoms with van der Waals surface area (Å²) in [6, 6.07) is 6.35. The third kappa shape index (κ3) is 5.54. The molecule has 1 unspecified atom stereocenters. The lowest BCUT2D eigenvalue weighted by Crippen LogP contribution is -2.35. The van der Waals surface area contributed by atoms with Crippen LogP contribution in [0.4, 0.5) is 8.78 Å². The molecular formula is C23H27F2N4O3P. The molecule has 2 heterocycles. The largest absolute Gasteiger partial charge is 0.494 e. The van der Waals surface area contributed by atoms with Crippen LogP contribution in [0.25, 0.3) is 22.4 Å². The predicted octanol–water partition coefficient (Wildman–Crippen LogP) is 4.60. The smallest absolute Gasteiger partial charge is 0.300 e. The number of aryl methyl sites for hydroxylation is 1. The van der Waals surface area contributed by atoms with Crippen molar-refractivity contribution in [1.82, 2.24) is 15.3 Å². The SMILES string of the molecule is C=C1CC(NC=O)C1.COc1ccc(-c2nc(C)c([C@H](C)N)o2)c2ccc(C(F)(F)P)nc12. The molecule has 3 N–H and O–H groups in total. The quantitative estimate of drug-likeness (QED) is 0.306. The molecule has 0 aliphatic heterocycles. The number of benzene rings is 1. The number of carbonyl (C=O) groups excluding carboxylic acids is 1. The maximum atomic E-state index is 13.6. The molecule has 0 radical (unpaired) electrons. The zero-order valence-electron chi connectivity index (χ0n) is 18.7. The molecule has 4 rings (SSSR count). The van der Waals surface area contributed by atoms with Gasteiger partial charge in [0.05, 0.1) is 18.8 Å². The van der Waals surface area contributed by atoms with E-state index < -0.39 is 5.66 Å². The third-order valence-electron chi connectivity index (χ3n) is 5.23. The summed E-state index contributed by atoms with van der Waals surface area (Å²) in [6.45, 7) is 7.35. The van der Waals surface area contributed by atoms with Crippen molar-refractivity contribution in [2.24, 2.45) is 5.73 Å². The molecule has 1 aromatic carbocycles. The monoisotopic (exact) mass is 476 g/mol. The number of methoxy groups -OCH3 is 1. The Morgan fingerprint density at radius 2 is 2.03 bits per heavy atom. The topological polar surface area (TPSA) is 103 Å². The van der Waals surface area contributed by atoms with Crippen LogP contribution in [0.3, 0.4) is 0 Å². The van der Waals surface area contributed by atoms with Gasteiger partial charge >= 0.3 is 0 Å². The summed E-state index contributed by atoms with van der Waals surface area (Å²) in [6.07, 6.45) is 2.69. The van der Waals surface area contributed by atoms with Gasteiger partial charge in [0.25, 0.3) is 5.66 Å². The summed E-state index contributed by atoms with van der Waals surface area (Å²) < 4.78 is 38.3. The Kier molecular flexibility index (Phi) is 7.44. The molecule has 1 saturated carbocycles. The van der Waals surface area contributed by atoms with E-state index in [0.717, 1.165) is 19.3 Å². The number of aromatic nitrogens is 2. The Balaban J connectivity index is 0.000000323. The van der Waals surface area contributed by atoms with Crippen molar-refractivity contribution in [2.45, 2.75) is 44.4 Å². The normalized spacial score (nSPS) is 14.8. The maximum Gasteiger partial charge on any atom is 0.300 e. The van der Waals surface area contributed by atoms with Gasteiger partial charge in [-0.15, -0.1) is 0 Å². The standard InChI is InChI=1S/C17H18F2N3O2P.C6H9NO/c1-8(20)15-9(2)21-16(24-15)11-4-6-12(23-3)14-10(11)5-7-13(22-14)17(18,19)25;1-5-2-6(3-5)7-4-8/h4-8H,20,25H2,1-3H3;4,6H,1-3H2,(H,7,8)/t8-;/m0./s1. The Morgan fingerprint density at radius 3 is 2.55 bits per heavy atom. The Bertz CT molecular complexity index is 1160. The number of nitrogens with one attached hydrogen (secondary N) is 1. The molecule has 3 aromatic rings. The van der Waals surface area contributed by atoms with E-state index in [2.05, 4.69) is 21.9 Å². The molecular weight excluding hydrogens is 449 g/mol. The van der Waals surface area contributed by atoms with E-state index in [-0.39, 0.29) is 11.7 Å². The molecule has 1 fully saturated rings. The first-order valence-corrected chi connectivity index (χ1v) is 10.9. The maximum absolute atomic E-state index is 13.6. The zero-order chi connectivity index (χ0) is 24.3. The van der Waals surface area contributed by atoms with E-state index in [0.29, 0.717) is 45.6 Å². The van der Waals surface area contributed by atoms with Gasteiger partial charge in [0, 0.05) is 17.0 Å². The van der Waals surface area contributed by atoms with Crippen LogP contribution in [-0.2, 0) is 10.5 Å². The van der Waals surface area contributed by atoms with Crippen LogP contribution in [0.5, 0.6) is 5.75 Å². The number of alkyl halides is 2. The number of pyridine rings is 1. The lowest BCUT2D eigenvalue weighted by Gasteiger charge is -2.27. The molecule has 0 saturated heterocycles. The number of nitrogens with two attached hydrogens (primary N) is 1. The molecule has 0 spiro atoms. The highest BCUT2D eigenvalue weighted by Crippen LogP contribution is 2.39. The van der Waals surface area contributed by atoms with Crippen LogP contribution >= 0.6 is 9.24 Å². The minimum Gasteiger partial charge on any atom is -0.494 e. The minimum absolute atomic E-state index is 0.300. The van der Waals surface area contributed by atoms with Crippen molar-refractivity contribution < 1.29 is 22.7 Å². The lowest BCUT2D eigenvalue weighted by molar-refractivity contribution is -0.110. The number of nitrogens with zero attached hydrogens (tertiary/aromatic N) is 2. The average molecular weight is 476 g/mol. The highest BCUT2D eigenvalue weighted by Gasteiger charge is 2.28. The second-order valence-electron chi connectivity index (χ2n) is 7.93. The Morgan fingerprint density at radius 1 is 1.33 bits per heavy atom. The molecule has 0 bridgehead atoms. The van der Waals surface area contributed by atoms with Crippen LogP contribution in [0, 0.1) is 6.92 Å². The number of halogens is 2. The van der Waals surface area contributed by atoms with E-state index >= 15 is 0 Å². The summed E-state index contributed by atoms with van der Waals surface area (Å²) in [4.78, 5) is 18.3. The minimum atomic E-state index is -3.13. The summed E-state index contributed by atoms with van der Waals surface area (Å²) in [5.74, 6) is 1.34. The molecule has 1 aliphatic rings. The van der Waals surface area contributed by atoms with Crippen LogP contribution in [-0.4, -0.2) is 29.5 Å². The summed E-state index contributed by atoms with van der Waals surface area (Å²) in [5.41, 5.74) is 5.27. The van der Waals surface area contributed by atoms with Gasteiger partial charge in [0.2, 0.25) is 12.3 Å². The number of rotatable bonds is 6. The highest BCUT2D eigenvalue weighted by atomic mass is 31.0. The zero-order valence-corrected chi connectivity index (χ0v) is 19.8. The first-order chi connectivity index (χ1) is 15.5. The van der Waals surface area contributed by atoms with Gasteiger partial charge in [-0.3, -0.25) is 4.79 Å². The lowest BCUT2D eigenvalue weighted by atomic mass is 9.88. The van der Waals surface area contributed by atoms with Crippen molar-refractivity contribution >= 4 is 26.6 Å². The number of amides is 1. The second-order valence-corrected chi connectivity index (χ2v) is 8.65. The van der Waals surface area contributed by atoms with Crippen LogP contribution < -0.4 is 15.8 Å². The highest BCUT2D eigenvalue weighted by molar-refractivity contribution is 7.17. The van der Waals surface area contributed by atoms with Gasteiger partial charge < -0.3 is 20.2 Å². The summed E-state index contributed by atoms with van der Waals surface area (Å²) in [5, 5.41) is 3.28. The number of hydrogen-bond donors (Lipinski definition) is 2. The fourth-order valence-corrected chi connectivity index (χ4v) is 3.69. The van der Waals surface area contributed by atoms with Crippen molar-refractivity contribution in [3.63, 3.8) is 0 Å². The molecule has 33 heavy (non-hydrogen) atoms. The van der Waals surface area contributed by atoms with Crippen molar-refractivity contribution in [3.05, 3.63) is 53.6 Å². The number of fused-ring (bicyclic) bond motifs is 1. The molecule has 1 amide bonds. The van der Waals surface area contributed by atoms with E-state index in [4.69, 9.17) is 14.9 Å². The molecule has 7 nitrogen and oxygen atoms in total. The molecule has 10 heteroatoms. The van der Waals surface area contributed by atoms with Crippen molar-refractivity contribution in [2.75, 3.05) is 7.11 Å². The van der Waals surface area contributed by atoms with Crippen molar-refractivity contribution in [1.29, 1.82) is 0 Å². The number of oxazole rings is 1. The number of hydrogen-bond acceptors (Lipinski definition) is 6. The number of carbonyl (C=O) groups is 1. The number of ether oxygens (including phenoxy) is 1. The van der Waals surface area contributed by atoms with Crippen LogP contribution in [0.15, 0.2) is 40.8 Å². The Labute approximate surface area is 193 Å². The fraction of sp³-hybridized carbons (Fsp3) is 0.348. The molecule has 176 valence electrons. The summed E-state index contributed by atoms with van der Waals surface area (Å²) in [7, 11) is 2.95. The van der Waals surface area contributed by atoms with Crippen LogP contribution in [0.1, 0.15) is 43.0 Å². The fourth-order valence-electron chi connectivity index (χ4n) is 3.53. The van der Waals surface area contributed by atoms with Crippen molar-refractivity contribution in [3.8, 4) is 17.2 Å². The summed E-state index contributed by atoms with van der Waals surface area (Å²) >= 11 is 0. The van der Waals surface area contributed by atoms with Gasteiger partial charge in [0.15, 0.2) is 0 Å². The first-order valence-electron chi connectivity index (χ1n) is 10.3. The van der Waals surface area contributed by atoms with E-state index in [9.17, 15) is 13.6 Å². The first kappa shape index (κ1) is 24.7. The molecule has 2 atom stereocenters. The van der Waals surface area contributed by atoms with Crippen LogP contribution in [0.2, 0.25) is 0 Å². The van der Waals surface area contributed by atoms with Gasteiger partial charge in [-0.2, -0.15) is 8.78 Å². The van der Waals surface area contributed by atoms with E-state index in [1.54, 1.807) is 25.1 Å². The van der Waals surface area contributed by atoms with E-state index in [1.807, 2.05) is 6.92 Å². The second kappa shape index (κ2) is 9.93. The van der Waals surface area contributed by atoms with Gasteiger partial charge in [-0.1, -0.05) is 21.4 Å². The molecule has 1 aliphatic carbocycles. The van der Waals surface area contributed by atoms with Gasteiger partial charge in [0.1, 0.15) is 22.7 Å².